The molecule has 2 fully saturated rings. The Hall–Kier alpha value is -0.0400. The average Bonchev–Trinajstić information content (AvgIpc) is 2.80. The second-order valence-corrected chi connectivity index (χ2v) is 5.68. The summed E-state index contributed by atoms with van der Waals surface area (Å²) in [6, 6.07) is 0. The number of hydrogen-bond donors (Lipinski definition) is 1. The van der Waals surface area contributed by atoms with Crippen LogP contribution in [0.25, 0.3) is 0 Å². The number of unbranched alkanes of at least 4 members (excludes halogenated alkanes) is 3. The molecule has 0 aromatic heterocycles. The van der Waals surface area contributed by atoms with Gasteiger partial charge in [-0.1, -0.05) is 32.6 Å². The topological polar surface area (TPSA) is 20.2 Å². The normalized spacial score (nSPS) is 45.2. The van der Waals surface area contributed by atoms with Crippen molar-refractivity contribution in [3.63, 3.8) is 0 Å². The van der Waals surface area contributed by atoms with E-state index in [-0.39, 0.29) is 5.60 Å². The standard InChI is InChI=1S/C13H24O/c1-3-4-5-6-8-13-10-11(13)7-9-12(13,2)14/h11,14H,3-10H2,1-2H3. The molecule has 0 heterocycles. The zero-order valence-electron chi connectivity index (χ0n) is 9.68. The lowest BCUT2D eigenvalue weighted by Crippen LogP contribution is -2.33. The second kappa shape index (κ2) is 3.52. The van der Waals surface area contributed by atoms with Gasteiger partial charge in [-0.2, -0.15) is 0 Å². The average molecular weight is 196 g/mol. The molecule has 0 saturated heterocycles. The van der Waals surface area contributed by atoms with E-state index < -0.39 is 0 Å². The van der Waals surface area contributed by atoms with Gasteiger partial charge in [0.2, 0.25) is 0 Å². The van der Waals surface area contributed by atoms with Gasteiger partial charge in [0.25, 0.3) is 0 Å². The molecule has 0 spiro atoms. The van der Waals surface area contributed by atoms with E-state index in [9.17, 15) is 5.11 Å². The molecule has 0 aromatic rings. The van der Waals surface area contributed by atoms with E-state index >= 15 is 0 Å². The first-order valence-electron chi connectivity index (χ1n) is 6.35. The van der Waals surface area contributed by atoms with Crippen molar-refractivity contribution in [2.24, 2.45) is 11.3 Å². The van der Waals surface area contributed by atoms with Crippen LogP contribution in [-0.2, 0) is 0 Å². The van der Waals surface area contributed by atoms with E-state index in [1.54, 1.807) is 0 Å². The smallest absolute Gasteiger partial charge is 0.0678 e. The fraction of sp³-hybridized carbons (Fsp3) is 1.00. The Kier molecular flexibility index (Phi) is 2.63. The molecular formula is C13H24O. The highest BCUT2D eigenvalue weighted by Gasteiger charge is 2.67. The lowest BCUT2D eigenvalue weighted by atomic mass is 9.83. The van der Waals surface area contributed by atoms with Crippen molar-refractivity contribution in [2.45, 2.75) is 70.8 Å². The molecular weight excluding hydrogens is 172 g/mol. The Bertz CT molecular complexity index is 209. The molecule has 2 rings (SSSR count). The van der Waals surface area contributed by atoms with Gasteiger partial charge in [-0.15, -0.1) is 0 Å². The van der Waals surface area contributed by atoms with Crippen LogP contribution in [0.4, 0.5) is 0 Å². The van der Waals surface area contributed by atoms with E-state index in [0.29, 0.717) is 5.41 Å². The molecule has 0 aromatic carbocycles. The molecule has 0 radical (unpaired) electrons. The molecule has 3 unspecified atom stereocenters. The summed E-state index contributed by atoms with van der Waals surface area (Å²) in [4.78, 5) is 0. The Labute approximate surface area is 87.9 Å². The predicted molar refractivity (Wildman–Crippen MR) is 59.2 cm³/mol. The zero-order chi connectivity index (χ0) is 10.2. The van der Waals surface area contributed by atoms with Crippen LogP contribution >= 0.6 is 0 Å². The van der Waals surface area contributed by atoms with E-state index in [2.05, 4.69) is 13.8 Å². The maximum atomic E-state index is 10.3. The quantitative estimate of drug-likeness (QED) is 0.667. The van der Waals surface area contributed by atoms with Crippen LogP contribution in [-0.4, -0.2) is 10.7 Å². The van der Waals surface area contributed by atoms with Crippen molar-refractivity contribution in [1.29, 1.82) is 0 Å². The number of hydrogen-bond acceptors (Lipinski definition) is 1. The Balaban J connectivity index is 1.80. The van der Waals surface area contributed by atoms with E-state index in [4.69, 9.17) is 0 Å². The van der Waals surface area contributed by atoms with Gasteiger partial charge in [-0.3, -0.25) is 0 Å². The van der Waals surface area contributed by atoms with E-state index in [1.165, 1.54) is 44.9 Å². The summed E-state index contributed by atoms with van der Waals surface area (Å²) in [5.41, 5.74) is 0.0324. The predicted octanol–water partition coefficient (Wildman–Crippen LogP) is 3.51. The molecule has 1 nitrogen and oxygen atoms in total. The molecule has 82 valence electrons. The van der Waals surface area contributed by atoms with Crippen LogP contribution in [0.2, 0.25) is 0 Å². The van der Waals surface area contributed by atoms with Gasteiger partial charge < -0.3 is 5.11 Å². The molecule has 0 aliphatic heterocycles. The van der Waals surface area contributed by atoms with Crippen molar-refractivity contribution in [3.05, 3.63) is 0 Å². The maximum Gasteiger partial charge on any atom is 0.0678 e. The van der Waals surface area contributed by atoms with E-state index in [0.717, 1.165) is 12.3 Å². The monoisotopic (exact) mass is 196 g/mol. The summed E-state index contributed by atoms with van der Waals surface area (Å²) in [6.45, 7) is 4.32. The Morgan fingerprint density at radius 3 is 2.57 bits per heavy atom. The Morgan fingerprint density at radius 2 is 2.07 bits per heavy atom. The third-order valence-electron chi connectivity index (χ3n) is 4.76. The van der Waals surface area contributed by atoms with Crippen LogP contribution in [0, 0.1) is 11.3 Å². The first kappa shape index (κ1) is 10.5. The highest BCUT2D eigenvalue weighted by atomic mass is 16.3. The molecule has 3 atom stereocenters. The van der Waals surface area contributed by atoms with E-state index in [1.807, 2.05) is 0 Å². The lowest BCUT2D eigenvalue weighted by molar-refractivity contribution is -0.0101. The summed E-state index contributed by atoms with van der Waals surface area (Å²) >= 11 is 0. The highest BCUT2D eigenvalue weighted by Crippen LogP contribution is 2.70. The van der Waals surface area contributed by atoms with Crippen molar-refractivity contribution < 1.29 is 5.11 Å². The zero-order valence-corrected chi connectivity index (χ0v) is 9.68. The molecule has 2 aliphatic rings. The summed E-state index contributed by atoms with van der Waals surface area (Å²) in [7, 11) is 0. The van der Waals surface area contributed by atoms with Crippen LogP contribution in [0.15, 0.2) is 0 Å². The van der Waals surface area contributed by atoms with Crippen LogP contribution in [0.5, 0.6) is 0 Å². The number of rotatable bonds is 5. The first-order valence-corrected chi connectivity index (χ1v) is 6.35. The van der Waals surface area contributed by atoms with Crippen LogP contribution in [0.1, 0.15) is 65.2 Å². The van der Waals surface area contributed by atoms with Gasteiger partial charge in [0.1, 0.15) is 0 Å². The summed E-state index contributed by atoms with van der Waals surface area (Å²) in [5.74, 6) is 0.874. The number of aliphatic hydroxyl groups is 1. The molecule has 1 heteroatoms. The molecule has 2 saturated carbocycles. The van der Waals surface area contributed by atoms with Gasteiger partial charge in [-0.05, 0) is 38.5 Å². The summed E-state index contributed by atoms with van der Waals surface area (Å²) < 4.78 is 0. The lowest BCUT2D eigenvalue weighted by Gasteiger charge is -2.29. The molecule has 0 amide bonds. The summed E-state index contributed by atoms with van der Waals surface area (Å²) in [5, 5.41) is 10.3. The van der Waals surface area contributed by atoms with Gasteiger partial charge in [0.15, 0.2) is 0 Å². The van der Waals surface area contributed by atoms with Crippen molar-refractivity contribution in [3.8, 4) is 0 Å². The summed E-state index contributed by atoms with van der Waals surface area (Å²) in [6.07, 6.45) is 10.3. The Morgan fingerprint density at radius 1 is 1.29 bits per heavy atom. The van der Waals surface area contributed by atoms with Gasteiger partial charge >= 0.3 is 0 Å². The number of fused-ring (bicyclic) bond motifs is 1. The molecule has 1 N–H and O–H groups in total. The molecule has 2 aliphatic carbocycles. The van der Waals surface area contributed by atoms with Crippen molar-refractivity contribution in [1.82, 2.24) is 0 Å². The van der Waals surface area contributed by atoms with Gasteiger partial charge in [-0.25, -0.2) is 0 Å². The van der Waals surface area contributed by atoms with Crippen molar-refractivity contribution >= 4 is 0 Å². The fourth-order valence-electron chi connectivity index (χ4n) is 3.57. The largest absolute Gasteiger partial charge is 0.390 e. The maximum absolute atomic E-state index is 10.3. The third kappa shape index (κ3) is 1.50. The molecule has 0 bridgehead atoms. The molecule has 14 heavy (non-hydrogen) atoms. The highest BCUT2D eigenvalue weighted by molar-refractivity contribution is 5.17. The third-order valence-corrected chi connectivity index (χ3v) is 4.76. The SMILES string of the molecule is CCCCCCC12CC1CCC2(C)O. The minimum atomic E-state index is -0.329. The van der Waals surface area contributed by atoms with Crippen LogP contribution in [0.3, 0.4) is 0 Å². The second-order valence-electron chi connectivity index (χ2n) is 5.68. The minimum Gasteiger partial charge on any atom is -0.390 e. The first-order chi connectivity index (χ1) is 6.62. The van der Waals surface area contributed by atoms with Gasteiger partial charge in [0, 0.05) is 5.41 Å². The van der Waals surface area contributed by atoms with Crippen molar-refractivity contribution in [2.75, 3.05) is 0 Å². The van der Waals surface area contributed by atoms with Gasteiger partial charge in [0.05, 0.1) is 5.60 Å². The van der Waals surface area contributed by atoms with Crippen LogP contribution < -0.4 is 0 Å². The fourth-order valence-corrected chi connectivity index (χ4v) is 3.57. The minimum absolute atomic E-state index is 0.329.